The van der Waals surface area contributed by atoms with E-state index < -0.39 is 0 Å². The molecule has 0 rings (SSSR count). The van der Waals surface area contributed by atoms with E-state index in [0.717, 1.165) is 19.3 Å². The lowest BCUT2D eigenvalue weighted by molar-refractivity contribution is 0.207. The fourth-order valence-electron chi connectivity index (χ4n) is 1.45. The number of hydrogen-bond donors (Lipinski definition) is 1. The van der Waals surface area contributed by atoms with Crippen molar-refractivity contribution >= 4 is 0 Å². The van der Waals surface area contributed by atoms with Crippen LogP contribution in [-0.4, -0.2) is 11.2 Å². The van der Waals surface area contributed by atoms with Gasteiger partial charge in [0.2, 0.25) is 0 Å². The van der Waals surface area contributed by atoms with Crippen molar-refractivity contribution in [1.29, 1.82) is 5.26 Å². The van der Waals surface area contributed by atoms with Crippen LogP contribution in [0, 0.1) is 11.3 Å². The standard InChI is InChI=1S/C13H23NO/c1-2-3-4-5-7-10-13(15)11-8-6-9-12-14/h8,11,13,15H,2-7,9-10H2,1H3/b11-8+. The molecule has 0 radical (unpaired) electrons. The first-order chi connectivity index (χ1) is 7.31. The minimum atomic E-state index is -0.315. The summed E-state index contributed by atoms with van der Waals surface area (Å²) in [5, 5.41) is 17.8. The first kappa shape index (κ1) is 14.2. The highest BCUT2D eigenvalue weighted by Gasteiger charge is 1.97. The molecule has 0 aromatic carbocycles. The summed E-state index contributed by atoms with van der Waals surface area (Å²) in [6, 6.07) is 2.07. The molecule has 0 aromatic heterocycles. The van der Waals surface area contributed by atoms with E-state index in [9.17, 15) is 5.11 Å². The van der Waals surface area contributed by atoms with Gasteiger partial charge in [0.15, 0.2) is 0 Å². The second-order valence-corrected chi connectivity index (χ2v) is 3.90. The van der Waals surface area contributed by atoms with Gasteiger partial charge in [0.05, 0.1) is 12.2 Å². The molecule has 1 unspecified atom stereocenters. The van der Waals surface area contributed by atoms with E-state index >= 15 is 0 Å². The van der Waals surface area contributed by atoms with Crippen LogP contribution in [0.3, 0.4) is 0 Å². The van der Waals surface area contributed by atoms with Crippen molar-refractivity contribution in [3.8, 4) is 6.07 Å². The third kappa shape index (κ3) is 11.1. The maximum Gasteiger partial charge on any atom is 0.0720 e. The summed E-state index contributed by atoms with van der Waals surface area (Å²) < 4.78 is 0. The number of rotatable bonds is 9. The van der Waals surface area contributed by atoms with Gasteiger partial charge in [0, 0.05) is 6.42 Å². The van der Waals surface area contributed by atoms with Crippen molar-refractivity contribution in [2.45, 2.75) is 64.4 Å². The molecule has 0 heterocycles. The predicted molar refractivity (Wildman–Crippen MR) is 63.4 cm³/mol. The van der Waals surface area contributed by atoms with Crippen LogP contribution in [0.4, 0.5) is 0 Å². The van der Waals surface area contributed by atoms with Gasteiger partial charge in [0.1, 0.15) is 0 Å². The molecule has 0 bridgehead atoms. The van der Waals surface area contributed by atoms with Gasteiger partial charge in [-0.3, -0.25) is 0 Å². The molecule has 0 fully saturated rings. The number of nitriles is 1. The van der Waals surface area contributed by atoms with Crippen LogP contribution in [0.5, 0.6) is 0 Å². The molecule has 1 atom stereocenters. The highest BCUT2D eigenvalue weighted by Crippen LogP contribution is 2.08. The maximum atomic E-state index is 9.54. The Kier molecular flexibility index (Phi) is 10.7. The van der Waals surface area contributed by atoms with Crippen LogP contribution in [0.25, 0.3) is 0 Å². The Morgan fingerprint density at radius 3 is 2.67 bits per heavy atom. The van der Waals surface area contributed by atoms with Crippen LogP contribution in [0.1, 0.15) is 58.3 Å². The quantitative estimate of drug-likeness (QED) is 0.466. The number of nitrogens with zero attached hydrogens (tertiary/aromatic N) is 1. The molecule has 0 aliphatic heterocycles. The lowest BCUT2D eigenvalue weighted by Gasteiger charge is -2.04. The molecule has 0 amide bonds. The molecule has 0 aliphatic rings. The van der Waals surface area contributed by atoms with E-state index in [1.54, 1.807) is 0 Å². The fraction of sp³-hybridized carbons (Fsp3) is 0.769. The minimum absolute atomic E-state index is 0.315. The van der Waals surface area contributed by atoms with Gasteiger partial charge in [-0.05, 0) is 12.8 Å². The molecule has 2 nitrogen and oxygen atoms in total. The zero-order valence-corrected chi connectivity index (χ0v) is 9.78. The molecule has 2 heteroatoms. The Hall–Kier alpha value is -0.810. The van der Waals surface area contributed by atoms with Crippen LogP contribution in [0.2, 0.25) is 0 Å². The van der Waals surface area contributed by atoms with Crippen LogP contribution in [0.15, 0.2) is 12.2 Å². The minimum Gasteiger partial charge on any atom is -0.389 e. The molecule has 1 N–H and O–H groups in total. The van der Waals surface area contributed by atoms with Crippen molar-refractivity contribution in [3.63, 3.8) is 0 Å². The van der Waals surface area contributed by atoms with E-state index in [1.807, 2.05) is 12.2 Å². The van der Waals surface area contributed by atoms with E-state index in [1.165, 1.54) is 25.7 Å². The number of aliphatic hydroxyl groups is 1. The van der Waals surface area contributed by atoms with Crippen LogP contribution >= 0.6 is 0 Å². The lowest BCUT2D eigenvalue weighted by atomic mass is 10.1. The predicted octanol–water partition coefficient (Wildman–Crippen LogP) is 3.57. The topological polar surface area (TPSA) is 44.0 Å². The van der Waals surface area contributed by atoms with E-state index in [4.69, 9.17) is 5.26 Å². The molecular formula is C13H23NO. The maximum absolute atomic E-state index is 9.54. The largest absolute Gasteiger partial charge is 0.389 e. The first-order valence-electron chi connectivity index (χ1n) is 6.03. The molecule has 0 aromatic rings. The Labute approximate surface area is 93.6 Å². The average molecular weight is 209 g/mol. The molecule has 0 spiro atoms. The first-order valence-corrected chi connectivity index (χ1v) is 6.03. The van der Waals surface area contributed by atoms with E-state index in [2.05, 4.69) is 13.0 Å². The van der Waals surface area contributed by atoms with E-state index in [0.29, 0.717) is 6.42 Å². The molecule has 86 valence electrons. The second kappa shape index (κ2) is 11.3. The van der Waals surface area contributed by atoms with Crippen LogP contribution in [-0.2, 0) is 0 Å². The van der Waals surface area contributed by atoms with E-state index in [-0.39, 0.29) is 6.10 Å². The van der Waals surface area contributed by atoms with Gasteiger partial charge < -0.3 is 5.11 Å². The Morgan fingerprint density at radius 1 is 1.27 bits per heavy atom. The van der Waals surface area contributed by atoms with Crippen molar-refractivity contribution in [3.05, 3.63) is 12.2 Å². The monoisotopic (exact) mass is 209 g/mol. The summed E-state index contributed by atoms with van der Waals surface area (Å²) in [6.45, 7) is 2.20. The molecule has 0 saturated carbocycles. The zero-order chi connectivity index (χ0) is 11.4. The highest BCUT2D eigenvalue weighted by atomic mass is 16.3. The number of unbranched alkanes of at least 4 members (excludes halogenated alkanes) is 5. The van der Waals surface area contributed by atoms with Gasteiger partial charge in [-0.1, -0.05) is 51.2 Å². The smallest absolute Gasteiger partial charge is 0.0720 e. The third-order valence-corrected chi connectivity index (χ3v) is 2.38. The molecule has 0 saturated heterocycles. The third-order valence-electron chi connectivity index (χ3n) is 2.38. The van der Waals surface area contributed by atoms with Gasteiger partial charge in [0.25, 0.3) is 0 Å². The summed E-state index contributed by atoms with van der Waals surface area (Å²) >= 11 is 0. The zero-order valence-electron chi connectivity index (χ0n) is 9.78. The van der Waals surface area contributed by atoms with Gasteiger partial charge >= 0.3 is 0 Å². The normalized spacial score (nSPS) is 12.9. The Bertz CT molecular complexity index is 193. The van der Waals surface area contributed by atoms with Crippen molar-refractivity contribution in [2.24, 2.45) is 0 Å². The molecule has 0 aliphatic carbocycles. The van der Waals surface area contributed by atoms with Gasteiger partial charge in [-0.15, -0.1) is 0 Å². The second-order valence-electron chi connectivity index (χ2n) is 3.90. The molecule has 15 heavy (non-hydrogen) atoms. The molecular weight excluding hydrogens is 186 g/mol. The number of hydrogen-bond acceptors (Lipinski definition) is 2. The van der Waals surface area contributed by atoms with Crippen LogP contribution < -0.4 is 0 Å². The summed E-state index contributed by atoms with van der Waals surface area (Å²) in [6.07, 6.45) is 11.7. The van der Waals surface area contributed by atoms with Crippen molar-refractivity contribution in [2.75, 3.05) is 0 Å². The number of allylic oxidation sites excluding steroid dienone is 1. The lowest BCUT2D eigenvalue weighted by Crippen LogP contribution is -2.01. The summed E-state index contributed by atoms with van der Waals surface area (Å²) in [7, 11) is 0. The average Bonchev–Trinajstić information content (AvgIpc) is 2.24. The Balaban J connectivity index is 3.29. The summed E-state index contributed by atoms with van der Waals surface area (Å²) in [5.74, 6) is 0. The summed E-state index contributed by atoms with van der Waals surface area (Å²) in [4.78, 5) is 0. The summed E-state index contributed by atoms with van der Waals surface area (Å²) in [5.41, 5.74) is 0. The fourth-order valence-corrected chi connectivity index (χ4v) is 1.45. The SMILES string of the molecule is CCCCCCCC(O)/C=C/CCC#N. The Morgan fingerprint density at radius 2 is 2.00 bits per heavy atom. The highest BCUT2D eigenvalue weighted by molar-refractivity contribution is 4.90. The number of aliphatic hydroxyl groups excluding tert-OH is 1. The van der Waals surface area contributed by atoms with Crippen molar-refractivity contribution in [1.82, 2.24) is 0 Å². The van der Waals surface area contributed by atoms with Gasteiger partial charge in [-0.2, -0.15) is 5.26 Å². The van der Waals surface area contributed by atoms with Crippen molar-refractivity contribution < 1.29 is 5.11 Å². The van der Waals surface area contributed by atoms with Gasteiger partial charge in [-0.25, -0.2) is 0 Å².